The molecule has 176 valence electrons. The summed E-state index contributed by atoms with van der Waals surface area (Å²) in [4.78, 5) is 33.0. The van der Waals surface area contributed by atoms with Crippen LogP contribution in [-0.2, 0) is 9.59 Å². The van der Waals surface area contributed by atoms with Crippen LogP contribution < -0.4 is 10.6 Å². The zero-order valence-electron chi connectivity index (χ0n) is 20.0. The summed E-state index contributed by atoms with van der Waals surface area (Å²) in [5, 5.41) is 8.78. The first-order valence-electron chi connectivity index (χ1n) is 11.5. The van der Waals surface area contributed by atoms with Crippen molar-refractivity contribution in [1.82, 2.24) is 10.2 Å². The summed E-state index contributed by atoms with van der Waals surface area (Å²) < 4.78 is 0. The number of aryl methyl sites for hydroxylation is 1. The van der Waals surface area contributed by atoms with Crippen molar-refractivity contribution in [3.8, 4) is 0 Å². The number of nitrogens with one attached hydrogen (secondary N) is 2. The van der Waals surface area contributed by atoms with Crippen LogP contribution >= 0.6 is 11.8 Å². The lowest BCUT2D eigenvalue weighted by Gasteiger charge is -2.36. The molecule has 2 aliphatic heterocycles. The molecule has 2 amide bonds. The number of amidine groups is 1. The van der Waals surface area contributed by atoms with E-state index >= 15 is 0 Å². The van der Waals surface area contributed by atoms with E-state index in [4.69, 9.17) is 4.99 Å². The molecule has 0 aromatic heterocycles. The van der Waals surface area contributed by atoms with Gasteiger partial charge in [-0.2, -0.15) is 0 Å². The van der Waals surface area contributed by atoms with E-state index < -0.39 is 0 Å². The predicted molar refractivity (Wildman–Crippen MR) is 139 cm³/mol. The molecule has 0 radical (unpaired) electrons. The number of fused-ring (bicyclic) bond motifs is 1. The van der Waals surface area contributed by atoms with Crippen molar-refractivity contribution in [1.29, 1.82) is 0 Å². The number of anilines is 1. The highest BCUT2D eigenvalue weighted by atomic mass is 32.2. The fourth-order valence-corrected chi connectivity index (χ4v) is 5.04. The van der Waals surface area contributed by atoms with Gasteiger partial charge in [0.05, 0.1) is 23.7 Å². The Bertz CT molecular complexity index is 1180. The van der Waals surface area contributed by atoms with Gasteiger partial charge in [-0.15, -0.1) is 0 Å². The lowest BCUT2D eigenvalue weighted by atomic mass is 9.92. The second-order valence-corrected chi connectivity index (χ2v) is 9.84. The van der Waals surface area contributed by atoms with Crippen LogP contribution in [0.2, 0.25) is 0 Å². The van der Waals surface area contributed by atoms with Crippen LogP contribution in [-0.4, -0.2) is 28.4 Å². The van der Waals surface area contributed by atoms with E-state index in [2.05, 4.69) is 30.5 Å². The molecule has 0 saturated heterocycles. The summed E-state index contributed by atoms with van der Waals surface area (Å²) in [7, 11) is 0. The number of carbonyl (C=O) groups excluding carboxylic acids is 2. The van der Waals surface area contributed by atoms with Crippen LogP contribution in [0.3, 0.4) is 0 Å². The Morgan fingerprint density at radius 2 is 1.85 bits per heavy atom. The molecule has 2 aliphatic rings. The van der Waals surface area contributed by atoms with E-state index in [1.54, 1.807) is 0 Å². The van der Waals surface area contributed by atoms with Crippen LogP contribution in [0.4, 0.5) is 5.69 Å². The average molecular weight is 475 g/mol. The Labute approximate surface area is 205 Å². The highest BCUT2D eigenvalue weighted by Crippen LogP contribution is 2.44. The second kappa shape index (κ2) is 10.3. The van der Waals surface area contributed by atoms with Crippen LogP contribution in [0.15, 0.2) is 82.0 Å². The summed E-state index contributed by atoms with van der Waals surface area (Å²) in [6, 6.07) is 17.2. The lowest BCUT2D eigenvalue weighted by Crippen LogP contribution is -2.39. The van der Waals surface area contributed by atoms with Gasteiger partial charge in [-0.1, -0.05) is 73.6 Å². The minimum absolute atomic E-state index is 0.0358. The third-order valence-electron chi connectivity index (χ3n) is 5.68. The third-order valence-corrected chi connectivity index (χ3v) is 6.57. The first kappa shape index (κ1) is 23.8. The van der Waals surface area contributed by atoms with E-state index in [0.29, 0.717) is 23.7 Å². The van der Waals surface area contributed by atoms with Gasteiger partial charge in [-0.25, -0.2) is 4.99 Å². The van der Waals surface area contributed by atoms with E-state index in [9.17, 15) is 9.59 Å². The zero-order valence-corrected chi connectivity index (χ0v) is 20.8. The second-order valence-electron chi connectivity index (χ2n) is 9.00. The summed E-state index contributed by atoms with van der Waals surface area (Å²) >= 11 is 1.49. The van der Waals surface area contributed by atoms with Gasteiger partial charge in [0.15, 0.2) is 5.17 Å². The first-order valence-corrected chi connectivity index (χ1v) is 12.4. The maximum atomic E-state index is 13.6. The van der Waals surface area contributed by atoms with Crippen LogP contribution in [0.25, 0.3) is 0 Å². The Balaban J connectivity index is 1.70. The average Bonchev–Trinajstić information content (AvgIpc) is 3.19. The number of allylic oxidation sites excluding steroid dienone is 1. The van der Waals surface area contributed by atoms with E-state index in [1.165, 1.54) is 11.8 Å². The number of aliphatic imine (C=N–C) groups is 1. The Morgan fingerprint density at radius 3 is 2.56 bits per heavy atom. The first-order chi connectivity index (χ1) is 16.3. The molecule has 2 aromatic carbocycles. The molecule has 0 saturated carbocycles. The number of thioether (sulfide) groups is 1. The number of para-hydroxylation sites is 1. The molecule has 0 aliphatic carbocycles. The molecule has 7 heteroatoms. The fourth-order valence-electron chi connectivity index (χ4n) is 4.08. The number of rotatable bonds is 7. The number of hydrogen-bond acceptors (Lipinski definition) is 5. The number of hydrogen-bond donors (Lipinski definition) is 2. The highest BCUT2D eigenvalue weighted by Gasteiger charge is 2.40. The van der Waals surface area contributed by atoms with Crippen molar-refractivity contribution in [3.05, 3.63) is 88.1 Å². The Hall–Kier alpha value is -3.32. The topological polar surface area (TPSA) is 73.8 Å². The molecule has 1 atom stereocenters. The van der Waals surface area contributed by atoms with Crippen LogP contribution in [0, 0.1) is 12.8 Å². The maximum absolute atomic E-state index is 13.6. The molecule has 6 nitrogen and oxygen atoms in total. The molecule has 2 heterocycles. The van der Waals surface area contributed by atoms with Crippen molar-refractivity contribution in [3.63, 3.8) is 0 Å². The number of carbonyl (C=O) groups is 2. The van der Waals surface area contributed by atoms with Crippen molar-refractivity contribution in [2.24, 2.45) is 10.9 Å². The van der Waals surface area contributed by atoms with Crippen molar-refractivity contribution >= 4 is 34.4 Å². The zero-order chi connectivity index (χ0) is 24.2. The van der Waals surface area contributed by atoms with Crippen LogP contribution in [0.1, 0.15) is 44.4 Å². The lowest BCUT2D eigenvalue weighted by molar-refractivity contribution is -0.120. The van der Waals surface area contributed by atoms with Gasteiger partial charge in [0, 0.05) is 17.9 Å². The van der Waals surface area contributed by atoms with E-state index in [1.807, 2.05) is 72.7 Å². The molecule has 1 unspecified atom stereocenters. The standard InChI is InChI=1S/C27H30N4O2S/c1-17(2)15-28-23(32)14-22-16-34-27-29-19(4)24(26(33)30-21-11-6-5-7-12-21)25(31(22)27)20-10-8-9-18(3)13-20/h5-13,16-17,25H,14-15H2,1-4H3,(H,28,32)(H,30,33). The van der Waals surface area contributed by atoms with Gasteiger partial charge >= 0.3 is 0 Å². The molecule has 34 heavy (non-hydrogen) atoms. The summed E-state index contributed by atoms with van der Waals surface area (Å²) in [6.07, 6.45) is 0.230. The van der Waals surface area contributed by atoms with Crippen molar-refractivity contribution < 1.29 is 9.59 Å². The molecular formula is C27H30N4O2S. The minimum atomic E-state index is -0.379. The van der Waals surface area contributed by atoms with E-state index in [0.717, 1.165) is 27.7 Å². The smallest absolute Gasteiger partial charge is 0.255 e. The third kappa shape index (κ3) is 5.25. The molecule has 4 rings (SSSR count). The molecule has 0 spiro atoms. The molecule has 0 fully saturated rings. The van der Waals surface area contributed by atoms with Gasteiger partial charge in [-0.05, 0) is 42.9 Å². The minimum Gasteiger partial charge on any atom is -0.356 e. The summed E-state index contributed by atoms with van der Waals surface area (Å²) in [6.45, 7) is 8.68. The predicted octanol–water partition coefficient (Wildman–Crippen LogP) is 5.37. The largest absolute Gasteiger partial charge is 0.356 e. The quantitative estimate of drug-likeness (QED) is 0.566. The highest BCUT2D eigenvalue weighted by molar-refractivity contribution is 8.16. The van der Waals surface area contributed by atoms with Gasteiger partial charge < -0.3 is 15.5 Å². The summed E-state index contributed by atoms with van der Waals surface area (Å²) in [5.74, 6) is 0.145. The van der Waals surface area contributed by atoms with Gasteiger partial charge in [0.1, 0.15) is 0 Å². The van der Waals surface area contributed by atoms with E-state index in [-0.39, 0.29) is 24.3 Å². The van der Waals surface area contributed by atoms with Gasteiger partial charge in [0.25, 0.3) is 5.91 Å². The van der Waals surface area contributed by atoms with Gasteiger partial charge in [-0.3, -0.25) is 9.59 Å². The molecule has 2 aromatic rings. The SMILES string of the molecule is CC1=C(C(=O)Nc2ccccc2)C(c2cccc(C)c2)N2C(CC(=O)NCC(C)C)=CSC2=N1. The van der Waals surface area contributed by atoms with Crippen molar-refractivity contribution in [2.45, 2.75) is 40.2 Å². The summed E-state index contributed by atoms with van der Waals surface area (Å²) in [5.41, 5.74) is 4.92. The van der Waals surface area contributed by atoms with Crippen molar-refractivity contribution in [2.75, 3.05) is 11.9 Å². The van der Waals surface area contributed by atoms with Crippen LogP contribution in [0.5, 0.6) is 0 Å². The monoisotopic (exact) mass is 474 g/mol. The maximum Gasteiger partial charge on any atom is 0.255 e. The normalized spacial score (nSPS) is 17.3. The molecule has 0 bridgehead atoms. The molecule has 2 N–H and O–H groups in total. The number of nitrogens with zero attached hydrogens (tertiary/aromatic N) is 2. The number of benzene rings is 2. The van der Waals surface area contributed by atoms with Gasteiger partial charge in [0.2, 0.25) is 5.91 Å². The Morgan fingerprint density at radius 1 is 1.09 bits per heavy atom. The fraction of sp³-hybridized carbons (Fsp3) is 0.296. The Kier molecular flexibility index (Phi) is 7.22. The molecular weight excluding hydrogens is 444 g/mol. The number of amides is 2.